The summed E-state index contributed by atoms with van der Waals surface area (Å²) in [5.41, 5.74) is 5.77. The number of carboxylic acid groups (broad SMARTS) is 1. The number of aromatic carboxylic acids is 1. The summed E-state index contributed by atoms with van der Waals surface area (Å²) in [7, 11) is 0. The molecule has 21 heavy (non-hydrogen) atoms. The maximum Gasteiger partial charge on any atom is 0.355 e. The number of imidazole rings is 1. The van der Waals surface area contributed by atoms with E-state index in [1.807, 2.05) is 0 Å². The number of nitrogens with zero attached hydrogens (tertiary/aromatic N) is 3. The molecule has 0 aromatic carbocycles. The van der Waals surface area contributed by atoms with Gasteiger partial charge in [-0.25, -0.2) is 14.8 Å². The van der Waals surface area contributed by atoms with E-state index in [0.717, 1.165) is 0 Å². The van der Waals surface area contributed by atoms with Crippen molar-refractivity contribution >= 4 is 23.2 Å². The van der Waals surface area contributed by atoms with Crippen molar-refractivity contribution in [3.63, 3.8) is 0 Å². The summed E-state index contributed by atoms with van der Waals surface area (Å²) < 4.78 is 1.74. The summed E-state index contributed by atoms with van der Waals surface area (Å²) in [5, 5.41) is 13.6. The minimum atomic E-state index is -1.05. The summed E-state index contributed by atoms with van der Waals surface area (Å²) in [6.07, 6.45) is 3.67. The third kappa shape index (κ3) is 4.10. The quantitative estimate of drug-likeness (QED) is 0.660. The van der Waals surface area contributed by atoms with Crippen molar-refractivity contribution in [3.8, 4) is 0 Å². The fourth-order valence-electron chi connectivity index (χ4n) is 1.65. The number of carbonyl (C=O) groups excluding carboxylic acids is 1. The molecule has 0 bridgehead atoms. The van der Waals surface area contributed by atoms with Crippen LogP contribution in [0.25, 0.3) is 0 Å². The van der Waals surface area contributed by atoms with Crippen molar-refractivity contribution in [3.05, 3.63) is 34.3 Å². The fraction of sp³-hybridized carbons (Fsp3) is 0.333. The third-order valence-corrected chi connectivity index (χ3v) is 3.56. The zero-order chi connectivity index (χ0) is 15.2. The zero-order valence-corrected chi connectivity index (χ0v) is 12.0. The van der Waals surface area contributed by atoms with Crippen LogP contribution in [-0.2, 0) is 13.0 Å². The Bertz CT molecular complexity index is 636. The molecule has 0 radical (unpaired) electrons. The van der Waals surface area contributed by atoms with Crippen LogP contribution in [-0.4, -0.2) is 44.6 Å². The van der Waals surface area contributed by atoms with Gasteiger partial charge in [0, 0.05) is 37.6 Å². The van der Waals surface area contributed by atoms with Crippen LogP contribution >= 0.6 is 11.3 Å². The Morgan fingerprint density at radius 1 is 1.43 bits per heavy atom. The molecule has 9 heteroatoms. The molecule has 2 rings (SSSR count). The van der Waals surface area contributed by atoms with Crippen LogP contribution in [0.1, 0.15) is 26.0 Å². The van der Waals surface area contributed by atoms with Gasteiger partial charge < -0.3 is 20.7 Å². The standard InChI is InChI=1S/C12H15N5O3S/c13-2-4-17-5-8(15-7-17)11(18)14-3-1-10-16-9(6-21-10)12(19)20/h5-7H,1-4,13H2,(H,14,18)(H,19,20). The number of thiazole rings is 1. The Hall–Kier alpha value is -2.26. The van der Waals surface area contributed by atoms with Crippen molar-refractivity contribution in [2.75, 3.05) is 13.1 Å². The van der Waals surface area contributed by atoms with Crippen LogP contribution in [0.3, 0.4) is 0 Å². The summed E-state index contributed by atoms with van der Waals surface area (Å²) in [4.78, 5) is 30.5. The minimum Gasteiger partial charge on any atom is -0.476 e. The molecule has 0 aliphatic rings. The SMILES string of the molecule is NCCn1cnc(C(=O)NCCc2nc(C(=O)O)cs2)c1. The van der Waals surface area contributed by atoms with Crippen LogP contribution in [0.5, 0.6) is 0 Å². The van der Waals surface area contributed by atoms with Crippen molar-refractivity contribution in [1.82, 2.24) is 19.9 Å². The van der Waals surface area contributed by atoms with Gasteiger partial charge in [-0.3, -0.25) is 4.79 Å². The highest BCUT2D eigenvalue weighted by atomic mass is 32.1. The number of carbonyl (C=O) groups is 2. The lowest BCUT2D eigenvalue weighted by Gasteiger charge is -2.01. The van der Waals surface area contributed by atoms with Crippen LogP contribution in [0.15, 0.2) is 17.9 Å². The highest BCUT2D eigenvalue weighted by Gasteiger charge is 2.11. The van der Waals surface area contributed by atoms with Gasteiger partial charge in [-0.1, -0.05) is 0 Å². The van der Waals surface area contributed by atoms with Crippen LogP contribution in [0.2, 0.25) is 0 Å². The van der Waals surface area contributed by atoms with Gasteiger partial charge in [-0.2, -0.15) is 0 Å². The average Bonchev–Trinajstić information content (AvgIpc) is 3.08. The van der Waals surface area contributed by atoms with E-state index in [1.165, 1.54) is 16.7 Å². The highest BCUT2D eigenvalue weighted by Crippen LogP contribution is 2.09. The lowest BCUT2D eigenvalue weighted by Crippen LogP contribution is -2.26. The smallest absolute Gasteiger partial charge is 0.355 e. The van der Waals surface area contributed by atoms with Gasteiger partial charge in [-0.05, 0) is 0 Å². The second-order valence-corrected chi connectivity index (χ2v) is 5.17. The molecule has 2 aromatic heterocycles. The molecule has 0 saturated heterocycles. The molecule has 8 nitrogen and oxygen atoms in total. The van der Waals surface area contributed by atoms with Crippen molar-refractivity contribution < 1.29 is 14.7 Å². The summed E-state index contributed by atoms with van der Waals surface area (Å²) >= 11 is 1.26. The van der Waals surface area contributed by atoms with Gasteiger partial charge in [0.25, 0.3) is 5.91 Å². The van der Waals surface area contributed by atoms with Crippen molar-refractivity contribution in [1.29, 1.82) is 0 Å². The maximum atomic E-state index is 11.8. The van der Waals surface area contributed by atoms with E-state index in [-0.39, 0.29) is 11.6 Å². The van der Waals surface area contributed by atoms with Crippen molar-refractivity contribution in [2.45, 2.75) is 13.0 Å². The molecule has 0 saturated carbocycles. The second kappa shape index (κ2) is 6.95. The van der Waals surface area contributed by atoms with E-state index >= 15 is 0 Å². The maximum absolute atomic E-state index is 11.8. The van der Waals surface area contributed by atoms with Gasteiger partial charge in [-0.15, -0.1) is 11.3 Å². The first kappa shape index (κ1) is 15.1. The van der Waals surface area contributed by atoms with Gasteiger partial charge in [0.05, 0.1) is 11.3 Å². The zero-order valence-electron chi connectivity index (χ0n) is 11.2. The van der Waals surface area contributed by atoms with Gasteiger partial charge in [0.1, 0.15) is 5.69 Å². The van der Waals surface area contributed by atoms with E-state index in [4.69, 9.17) is 10.8 Å². The Morgan fingerprint density at radius 2 is 2.24 bits per heavy atom. The Morgan fingerprint density at radius 3 is 2.90 bits per heavy atom. The summed E-state index contributed by atoms with van der Waals surface area (Å²) in [6.45, 7) is 1.46. The predicted octanol–water partition coefficient (Wildman–Crippen LogP) is -0.0310. The number of nitrogens with one attached hydrogen (secondary N) is 1. The van der Waals surface area contributed by atoms with E-state index < -0.39 is 5.97 Å². The number of amides is 1. The minimum absolute atomic E-state index is 0.0295. The number of rotatable bonds is 7. The Labute approximate surface area is 124 Å². The molecule has 0 unspecified atom stereocenters. The molecule has 2 aromatic rings. The molecule has 2 heterocycles. The normalized spacial score (nSPS) is 10.5. The van der Waals surface area contributed by atoms with E-state index in [9.17, 15) is 9.59 Å². The number of hydrogen-bond donors (Lipinski definition) is 3. The van der Waals surface area contributed by atoms with Gasteiger partial charge in [0.15, 0.2) is 5.69 Å². The first-order valence-electron chi connectivity index (χ1n) is 6.28. The lowest BCUT2D eigenvalue weighted by molar-refractivity contribution is 0.0690. The summed E-state index contributed by atoms with van der Waals surface area (Å²) in [6, 6.07) is 0. The predicted molar refractivity (Wildman–Crippen MR) is 76.4 cm³/mol. The molecular weight excluding hydrogens is 294 g/mol. The highest BCUT2D eigenvalue weighted by molar-refractivity contribution is 7.09. The number of carboxylic acids is 1. The van der Waals surface area contributed by atoms with E-state index in [1.54, 1.807) is 17.1 Å². The van der Waals surface area contributed by atoms with Gasteiger partial charge in [0.2, 0.25) is 0 Å². The monoisotopic (exact) mass is 309 g/mol. The van der Waals surface area contributed by atoms with Crippen molar-refractivity contribution in [2.24, 2.45) is 5.73 Å². The number of nitrogens with two attached hydrogens (primary N) is 1. The lowest BCUT2D eigenvalue weighted by atomic mass is 10.4. The van der Waals surface area contributed by atoms with E-state index in [2.05, 4.69) is 15.3 Å². The molecule has 1 amide bonds. The molecule has 0 spiro atoms. The molecule has 0 fully saturated rings. The fourth-order valence-corrected chi connectivity index (χ4v) is 2.42. The average molecular weight is 309 g/mol. The number of hydrogen-bond acceptors (Lipinski definition) is 6. The Balaban J connectivity index is 1.81. The van der Waals surface area contributed by atoms with Crippen LogP contribution in [0, 0.1) is 0 Å². The van der Waals surface area contributed by atoms with Gasteiger partial charge >= 0.3 is 5.97 Å². The van der Waals surface area contributed by atoms with Crippen LogP contribution < -0.4 is 11.1 Å². The first-order valence-corrected chi connectivity index (χ1v) is 7.16. The topological polar surface area (TPSA) is 123 Å². The summed E-state index contributed by atoms with van der Waals surface area (Å²) in [5.74, 6) is -1.33. The largest absolute Gasteiger partial charge is 0.476 e. The molecule has 0 aliphatic carbocycles. The molecule has 0 aliphatic heterocycles. The molecule has 0 atom stereocenters. The third-order valence-electron chi connectivity index (χ3n) is 2.65. The number of aromatic nitrogens is 3. The van der Waals surface area contributed by atoms with Crippen LogP contribution in [0.4, 0.5) is 0 Å². The molecule has 4 N–H and O–H groups in total. The second-order valence-electron chi connectivity index (χ2n) is 4.22. The van der Waals surface area contributed by atoms with E-state index in [0.29, 0.717) is 36.8 Å². The molecular formula is C12H15N5O3S. The molecule has 112 valence electrons. The first-order chi connectivity index (χ1) is 10.1. The Kier molecular flexibility index (Phi) is 5.01.